The second-order valence-electron chi connectivity index (χ2n) is 3.67. The monoisotopic (exact) mass is 228 g/mol. The number of phenolic OH excluding ortho intramolecular Hbond substituents is 3. The third-order valence-corrected chi connectivity index (χ3v) is 2.34. The van der Waals surface area contributed by atoms with E-state index < -0.39 is 0 Å². The van der Waals surface area contributed by atoms with E-state index >= 15 is 0 Å². The normalized spacial score (nSPS) is 10.8. The van der Waals surface area contributed by atoms with Crippen molar-refractivity contribution in [3.8, 4) is 17.2 Å². The van der Waals surface area contributed by atoms with Gasteiger partial charge in [0.25, 0.3) is 0 Å². The second-order valence-corrected chi connectivity index (χ2v) is 3.67. The van der Waals surface area contributed by atoms with Gasteiger partial charge in [0.15, 0.2) is 0 Å². The first-order valence-corrected chi connectivity index (χ1v) is 5.14. The van der Waals surface area contributed by atoms with Gasteiger partial charge in [-0.1, -0.05) is 24.3 Å². The van der Waals surface area contributed by atoms with Gasteiger partial charge in [-0.05, 0) is 29.8 Å². The smallest absolute Gasteiger partial charge is 0.126 e. The lowest BCUT2D eigenvalue weighted by molar-refractivity contribution is 0.450. The standard InChI is InChI=1S/C14H12O3/c15-12-3-1-2-10(8-12)4-5-11-6-7-13(16)9-14(11)17/h1-9,15-17H/b5-4+. The van der Waals surface area contributed by atoms with Gasteiger partial charge in [-0.15, -0.1) is 0 Å². The maximum Gasteiger partial charge on any atom is 0.126 e. The molecular weight excluding hydrogens is 216 g/mol. The number of hydrogen-bond donors (Lipinski definition) is 3. The molecule has 0 bridgehead atoms. The molecule has 0 radical (unpaired) electrons. The van der Waals surface area contributed by atoms with Crippen LogP contribution in [0.3, 0.4) is 0 Å². The molecule has 2 rings (SSSR count). The maximum atomic E-state index is 9.56. The number of rotatable bonds is 2. The number of aromatic hydroxyl groups is 3. The molecule has 0 aliphatic heterocycles. The summed E-state index contributed by atoms with van der Waals surface area (Å²) in [5.41, 5.74) is 1.43. The van der Waals surface area contributed by atoms with Gasteiger partial charge in [0.2, 0.25) is 0 Å². The minimum atomic E-state index is 0.0152. The van der Waals surface area contributed by atoms with Gasteiger partial charge in [-0.3, -0.25) is 0 Å². The lowest BCUT2D eigenvalue weighted by Gasteiger charge is -2.00. The molecule has 2 aromatic carbocycles. The van der Waals surface area contributed by atoms with Gasteiger partial charge >= 0.3 is 0 Å². The SMILES string of the molecule is Oc1cccc(/C=C/c2ccc(O)cc2O)c1. The predicted octanol–water partition coefficient (Wildman–Crippen LogP) is 2.97. The van der Waals surface area contributed by atoms with E-state index in [4.69, 9.17) is 5.11 Å². The van der Waals surface area contributed by atoms with E-state index in [2.05, 4.69) is 0 Å². The van der Waals surface area contributed by atoms with Crippen LogP contribution >= 0.6 is 0 Å². The van der Waals surface area contributed by atoms with Gasteiger partial charge in [-0.2, -0.15) is 0 Å². The lowest BCUT2D eigenvalue weighted by Crippen LogP contribution is -1.75. The number of hydrogen-bond acceptors (Lipinski definition) is 3. The summed E-state index contributed by atoms with van der Waals surface area (Å²) in [7, 11) is 0. The quantitative estimate of drug-likeness (QED) is 0.692. The van der Waals surface area contributed by atoms with Gasteiger partial charge in [0.1, 0.15) is 17.2 Å². The summed E-state index contributed by atoms with van der Waals surface area (Å²) >= 11 is 0. The highest BCUT2D eigenvalue weighted by molar-refractivity contribution is 5.73. The summed E-state index contributed by atoms with van der Waals surface area (Å²) in [4.78, 5) is 0. The van der Waals surface area contributed by atoms with Crippen molar-refractivity contribution in [2.75, 3.05) is 0 Å². The predicted molar refractivity (Wildman–Crippen MR) is 66.8 cm³/mol. The molecule has 0 saturated heterocycles. The first-order valence-electron chi connectivity index (χ1n) is 5.14. The minimum absolute atomic E-state index is 0.0152. The Labute approximate surface area is 98.9 Å². The largest absolute Gasteiger partial charge is 0.508 e. The summed E-state index contributed by atoms with van der Waals surface area (Å²) in [6.45, 7) is 0. The van der Waals surface area contributed by atoms with Crippen LogP contribution in [0.2, 0.25) is 0 Å². The number of benzene rings is 2. The molecule has 3 nitrogen and oxygen atoms in total. The van der Waals surface area contributed by atoms with Gasteiger partial charge in [0.05, 0.1) is 0 Å². The Bertz CT molecular complexity index is 559. The molecule has 3 N–H and O–H groups in total. The van der Waals surface area contributed by atoms with Gasteiger partial charge in [0, 0.05) is 11.6 Å². The molecule has 0 heterocycles. The second kappa shape index (κ2) is 4.61. The van der Waals surface area contributed by atoms with Gasteiger partial charge in [-0.25, -0.2) is 0 Å². The van der Waals surface area contributed by atoms with Crippen LogP contribution in [-0.2, 0) is 0 Å². The average Bonchev–Trinajstić information content (AvgIpc) is 2.28. The van der Waals surface area contributed by atoms with E-state index in [1.807, 2.05) is 6.07 Å². The fourth-order valence-electron chi connectivity index (χ4n) is 1.49. The highest BCUT2D eigenvalue weighted by Gasteiger charge is 1.98. The Morgan fingerprint density at radius 3 is 2.24 bits per heavy atom. The van der Waals surface area contributed by atoms with Crippen LogP contribution in [0.5, 0.6) is 17.2 Å². The van der Waals surface area contributed by atoms with Crippen molar-refractivity contribution in [1.82, 2.24) is 0 Å². The molecule has 86 valence electrons. The minimum Gasteiger partial charge on any atom is -0.508 e. The fourth-order valence-corrected chi connectivity index (χ4v) is 1.49. The molecule has 0 fully saturated rings. The molecule has 0 aliphatic rings. The molecule has 17 heavy (non-hydrogen) atoms. The van der Waals surface area contributed by atoms with Crippen LogP contribution in [-0.4, -0.2) is 15.3 Å². The summed E-state index contributed by atoms with van der Waals surface area (Å²) < 4.78 is 0. The molecule has 3 heteroatoms. The Morgan fingerprint density at radius 2 is 1.53 bits per heavy atom. The van der Waals surface area contributed by atoms with E-state index in [1.54, 1.807) is 36.4 Å². The Kier molecular flexibility index (Phi) is 3.01. The Morgan fingerprint density at radius 1 is 0.765 bits per heavy atom. The van der Waals surface area contributed by atoms with Crippen LogP contribution in [0.15, 0.2) is 42.5 Å². The van der Waals surface area contributed by atoms with Crippen LogP contribution < -0.4 is 0 Å². The van der Waals surface area contributed by atoms with Crippen molar-refractivity contribution in [2.45, 2.75) is 0 Å². The first kappa shape index (κ1) is 11.1. The van der Waals surface area contributed by atoms with Crippen molar-refractivity contribution < 1.29 is 15.3 Å². The summed E-state index contributed by atoms with van der Waals surface area (Å²) in [6, 6.07) is 11.2. The zero-order valence-corrected chi connectivity index (χ0v) is 9.04. The maximum absolute atomic E-state index is 9.56. The summed E-state index contributed by atoms with van der Waals surface area (Å²) in [5, 5.41) is 28.0. The van der Waals surface area contributed by atoms with Crippen LogP contribution in [0, 0.1) is 0 Å². The third kappa shape index (κ3) is 2.78. The molecule has 0 atom stereocenters. The molecule has 0 aliphatic carbocycles. The molecule has 0 aromatic heterocycles. The molecular formula is C14H12O3. The topological polar surface area (TPSA) is 60.7 Å². The zero-order valence-electron chi connectivity index (χ0n) is 9.04. The third-order valence-electron chi connectivity index (χ3n) is 2.34. The average molecular weight is 228 g/mol. The molecule has 0 amide bonds. The van der Waals surface area contributed by atoms with Crippen molar-refractivity contribution in [1.29, 1.82) is 0 Å². The van der Waals surface area contributed by atoms with E-state index in [0.717, 1.165) is 5.56 Å². The van der Waals surface area contributed by atoms with Crippen molar-refractivity contribution in [3.05, 3.63) is 53.6 Å². The highest BCUT2D eigenvalue weighted by Crippen LogP contribution is 2.24. The van der Waals surface area contributed by atoms with E-state index in [0.29, 0.717) is 5.56 Å². The first-order chi connectivity index (χ1) is 8.15. The zero-order chi connectivity index (χ0) is 12.3. The lowest BCUT2D eigenvalue weighted by atomic mass is 10.1. The molecule has 0 unspecified atom stereocenters. The van der Waals surface area contributed by atoms with E-state index in [9.17, 15) is 10.2 Å². The molecule has 0 spiro atoms. The van der Waals surface area contributed by atoms with E-state index in [1.165, 1.54) is 12.1 Å². The van der Waals surface area contributed by atoms with Crippen LogP contribution in [0.4, 0.5) is 0 Å². The fraction of sp³-hybridized carbons (Fsp3) is 0. The van der Waals surface area contributed by atoms with Gasteiger partial charge < -0.3 is 15.3 Å². The van der Waals surface area contributed by atoms with Crippen LogP contribution in [0.1, 0.15) is 11.1 Å². The van der Waals surface area contributed by atoms with Crippen molar-refractivity contribution in [2.24, 2.45) is 0 Å². The Balaban J connectivity index is 2.26. The highest BCUT2D eigenvalue weighted by atomic mass is 16.3. The molecule has 0 saturated carbocycles. The Hall–Kier alpha value is -2.42. The summed E-state index contributed by atoms with van der Waals surface area (Å²) in [6.07, 6.45) is 3.48. The van der Waals surface area contributed by atoms with Crippen molar-refractivity contribution in [3.63, 3.8) is 0 Å². The van der Waals surface area contributed by atoms with Crippen molar-refractivity contribution >= 4 is 12.2 Å². The van der Waals surface area contributed by atoms with Crippen LogP contribution in [0.25, 0.3) is 12.2 Å². The molecule has 2 aromatic rings. The van der Waals surface area contributed by atoms with E-state index in [-0.39, 0.29) is 17.2 Å². The summed E-state index contributed by atoms with van der Waals surface area (Å²) in [5.74, 6) is 0.237. The number of phenols is 3.